The lowest BCUT2D eigenvalue weighted by Crippen LogP contribution is -2.08. The highest BCUT2D eigenvalue weighted by Gasteiger charge is 2.11. The molecule has 0 fully saturated rings. The Labute approximate surface area is 129 Å². The molecule has 1 N–H and O–H groups in total. The van der Waals surface area contributed by atoms with E-state index in [4.69, 9.17) is 4.74 Å². The number of anilines is 1. The summed E-state index contributed by atoms with van der Waals surface area (Å²) in [4.78, 5) is 0. The molecule has 2 aromatic carbocycles. The van der Waals surface area contributed by atoms with Crippen LogP contribution in [-0.4, -0.2) is 7.11 Å². The first-order valence-electron chi connectivity index (χ1n) is 6.68. The highest BCUT2D eigenvalue weighted by atomic mass is 79.9. The molecule has 0 bridgehead atoms. The van der Waals surface area contributed by atoms with Crippen LogP contribution in [0.3, 0.4) is 0 Å². The van der Waals surface area contributed by atoms with Crippen LogP contribution in [0.25, 0.3) is 0 Å². The van der Waals surface area contributed by atoms with Gasteiger partial charge in [-0.2, -0.15) is 0 Å². The molecule has 0 spiro atoms. The Morgan fingerprint density at radius 2 is 1.85 bits per heavy atom. The number of benzene rings is 2. The lowest BCUT2D eigenvalue weighted by molar-refractivity contribution is 0.407. The molecule has 0 aliphatic rings. The second kappa shape index (κ2) is 6.31. The topological polar surface area (TPSA) is 21.3 Å². The van der Waals surface area contributed by atoms with E-state index in [-0.39, 0.29) is 6.04 Å². The van der Waals surface area contributed by atoms with E-state index in [1.54, 1.807) is 7.11 Å². The normalized spacial score (nSPS) is 12.1. The Balaban J connectivity index is 2.23. The highest BCUT2D eigenvalue weighted by molar-refractivity contribution is 9.10. The molecular weight excluding hydrogens is 314 g/mol. The van der Waals surface area contributed by atoms with Gasteiger partial charge >= 0.3 is 0 Å². The van der Waals surface area contributed by atoms with E-state index in [0.717, 1.165) is 15.9 Å². The minimum atomic E-state index is 0.186. The van der Waals surface area contributed by atoms with Gasteiger partial charge in [-0.15, -0.1) is 0 Å². The maximum atomic E-state index is 5.48. The second-order valence-electron chi connectivity index (χ2n) is 5.08. The van der Waals surface area contributed by atoms with Crippen LogP contribution in [-0.2, 0) is 0 Å². The minimum Gasteiger partial charge on any atom is -0.496 e. The molecule has 0 aliphatic carbocycles. The average molecular weight is 334 g/mol. The van der Waals surface area contributed by atoms with E-state index >= 15 is 0 Å². The van der Waals surface area contributed by atoms with Crippen molar-refractivity contribution in [1.29, 1.82) is 0 Å². The molecule has 0 saturated carbocycles. The zero-order valence-electron chi connectivity index (χ0n) is 12.3. The molecule has 106 valence electrons. The summed E-state index contributed by atoms with van der Waals surface area (Å²) in [6.45, 7) is 6.30. The molecule has 2 nitrogen and oxygen atoms in total. The zero-order chi connectivity index (χ0) is 14.7. The highest BCUT2D eigenvalue weighted by Crippen LogP contribution is 2.29. The van der Waals surface area contributed by atoms with Gasteiger partial charge in [-0.3, -0.25) is 0 Å². The number of halogens is 1. The summed E-state index contributed by atoms with van der Waals surface area (Å²) >= 11 is 3.52. The van der Waals surface area contributed by atoms with Crippen molar-refractivity contribution >= 4 is 21.6 Å². The fourth-order valence-electron chi connectivity index (χ4n) is 2.24. The molecule has 0 heterocycles. The Morgan fingerprint density at radius 1 is 1.10 bits per heavy atom. The van der Waals surface area contributed by atoms with E-state index in [2.05, 4.69) is 78.4 Å². The van der Waals surface area contributed by atoms with Crippen molar-refractivity contribution < 1.29 is 4.74 Å². The fraction of sp³-hybridized carbons (Fsp3) is 0.294. The Morgan fingerprint density at radius 3 is 2.50 bits per heavy atom. The van der Waals surface area contributed by atoms with Gasteiger partial charge in [0.05, 0.1) is 13.2 Å². The lowest BCUT2D eigenvalue weighted by Gasteiger charge is -2.19. The van der Waals surface area contributed by atoms with Crippen LogP contribution >= 0.6 is 15.9 Å². The van der Waals surface area contributed by atoms with Crippen LogP contribution in [0.1, 0.15) is 29.7 Å². The van der Waals surface area contributed by atoms with Gasteiger partial charge in [-0.1, -0.05) is 28.1 Å². The van der Waals surface area contributed by atoms with Crippen LogP contribution < -0.4 is 10.1 Å². The van der Waals surface area contributed by atoms with Crippen molar-refractivity contribution in [3.8, 4) is 5.75 Å². The average Bonchev–Trinajstić information content (AvgIpc) is 2.42. The molecule has 0 radical (unpaired) electrons. The fourth-order valence-corrected chi connectivity index (χ4v) is 2.48. The number of hydrogen-bond acceptors (Lipinski definition) is 2. The summed E-state index contributed by atoms with van der Waals surface area (Å²) in [5.41, 5.74) is 4.70. The van der Waals surface area contributed by atoms with Crippen molar-refractivity contribution in [3.05, 3.63) is 57.6 Å². The van der Waals surface area contributed by atoms with Crippen LogP contribution in [0, 0.1) is 13.8 Å². The van der Waals surface area contributed by atoms with Gasteiger partial charge in [0.15, 0.2) is 0 Å². The van der Waals surface area contributed by atoms with Gasteiger partial charge in [0.1, 0.15) is 5.75 Å². The first kappa shape index (κ1) is 14.9. The van der Waals surface area contributed by atoms with Gasteiger partial charge in [0.2, 0.25) is 0 Å². The third-order valence-electron chi connectivity index (χ3n) is 3.40. The summed E-state index contributed by atoms with van der Waals surface area (Å²) < 4.78 is 6.61. The maximum Gasteiger partial charge on any atom is 0.124 e. The molecule has 0 aliphatic heterocycles. The standard InChI is InChI=1S/C17H20BrNO/c1-11-5-7-15(17(9-11)20-4)13(3)19-14-6-8-16(18)12(2)10-14/h5-10,13,19H,1-4H3. The molecule has 0 aromatic heterocycles. The van der Waals surface area contributed by atoms with Crippen molar-refractivity contribution in [2.24, 2.45) is 0 Å². The van der Waals surface area contributed by atoms with Crippen LogP contribution in [0.5, 0.6) is 5.75 Å². The van der Waals surface area contributed by atoms with Crippen molar-refractivity contribution in [1.82, 2.24) is 0 Å². The zero-order valence-corrected chi connectivity index (χ0v) is 13.9. The Kier molecular flexibility index (Phi) is 4.71. The molecule has 1 unspecified atom stereocenters. The van der Waals surface area contributed by atoms with E-state index in [1.165, 1.54) is 16.7 Å². The monoisotopic (exact) mass is 333 g/mol. The van der Waals surface area contributed by atoms with Gasteiger partial charge in [-0.25, -0.2) is 0 Å². The predicted octanol–water partition coefficient (Wildman–Crippen LogP) is 5.25. The number of hydrogen-bond donors (Lipinski definition) is 1. The number of ether oxygens (including phenoxy) is 1. The Bertz CT molecular complexity index is 610. The maximum absolute atomic E-state index is 5.48. The quantitative estimate of drug-likeness (QED) is 0.825. The number of rotatable bonds is 4. The third kappa shape index (κ3) is 3.34. The molecular formula is C17H20BrNO. The van der Waals surface area contributed by atoms with Crippen LogP contribution in [0.15, 0.2) is 40.9 Å². The smallest absolute Gasteiger partial charge is 0.124 e. The molecule has 2 aromatic rings. The van der Waals surface area contributed by atoms with Crippen LogP contribution in [0.2, 0.25) is 0 Å². The van der Waals surface area contributed by atoms with E-state index in [1.807, 2.05) is 0 Å². The van der Waals surface area contributed by atoms with Gasteiger partial charge in [0, 0.05) is 15.7 Å². The largest absolute Gasteiger partial charge is 0.496 e. The van der Waals surface area contributed by atoms with E-state index in [9.17, 15) is 0 Å². The second-order valence-corrected chi connectivity index (χ2v) is 5.93. The van der Waals surface area contributed by atoms with Gasteiger partial charge in [-0.05, 0) is 56.2 Å². The Hall–Kier alpha value is -1.48. The van der Waals surface area contributed by atoms with E-state index in [0.29, 0.717) is 0 Å². The molecule has 1 atom stereocenters. The SMILES string of the molecule is COc1cc(C)ccc1C(C)Nc1ccc(Br)c(C)c1. The molecule has 2 rings (SSSR count). The molecule has 3 heteroatoms. The number of nitrogens with one attached hydrogen (secondary N) is 1. The van der Waals surface area contributed by atoms with Crippen molar-refractivity contribution in [2.75, 3.05) is 12.4 Å². The summed E-state index contributed by atoms with van der Waals surface area (Å²) in [5.74, 6) is 0.929. The number of methoxy groups -OCH3 is 1. The van der Waals surface area contributed by atoms with Crippen molar-refractivity contribution in [2.45, 2.75) is 26.8 Å². The first-order chi connectivity index (χ1) is 9.51. The summed E-state index contributed by atoms with van der Waals surface area (Å²) in [6, 6.07) is 12.8. The third-order valence-corrected chi connectivity index (χ3v) is 4.29. The van der Waals surface area contributed by atoms with Crippen LogP contribution in [0.4, 0.5) is 5.69 Å². The summed E-state index contributed by atoms with van der Waals surface area (Å²) in [5, 5.41) is 3.52. The van der Waals surface area contributed by atoms with Gasteiger partial charge < -0.3 is 10.1 Å². The summed E-state index contributed by atoms with van der Waals surface area (Å²) in [7, 11) is 1.72. The lowest BCUT2D eigenvalue weighted by atomic mass is 10.0. The molecule has 0 amide bonds. The van der Waals surface area contributed by atoms with Gasteiger partial charge in [0.25, 0.3) is 0 Å². The first-order valence-corrected chi connectivity index (χ1v) is 7.48. The molecule has 0 saturated heterocycles. The minimum absolute atomic E-state index is 0.186. The predicted molar refractivity (Wildman–Crippen MR) is 88.6 cm³/mol. The molecule has 20 heavy (non-hydrogen) atoms. The summed E-state index contributed by atoms with van der Waals surface area (Å²) in [6.07, 6.45) is 0. The van der Waals surface area contributed by atoms with E-state index < -0.39 is 0 Å². The number of aryl methyl sites for hydroxylation is 2. The van der Waals surface area contributed by atoms with Crippen molar-refractivity contribution in [3.63, 3.8) is 0 Å².